The van der Waals surface area contributed by atoms with Gasteiger partial charge in [0.1, 0.15) is 18.2 Å². The van der Waals surface area contributed by atoms with Crippen molar-refractivity contribution in [1.82, 2.24) is 15.6 Å². The first kappa shape index (κ1) is 37.0. The number of aliphatic hydroxyl groups excluding tert-OH is 1. The molecule has 0 fully saturated rings. The summed E-state index contributed by atoms with van der Waals surface area (Å²) >= 11 is 0. The average molecular weight is 667 g/mol. The molecule has 13 nitrogen and oxygen atoms in total. The van der Waals surface area contributed by atoms with Gasteiger partial charge in [0.2, 0.25) is 0 Å². The van der Waals surface area contributed by atoms with Crippen LogP contribution in [0.3, 0.4) is 0 Å². The maximum Gasteiger partial charge on any atom is 1.00 e. The molecule has 7 N–H and O–H groups in total. The Labute approximate surface area is 285 Å². The molecule has 1 atom stereocenters. The number of hydrogen-bond donors (Lipinski definition) is 6. The molecule has 39 heavy (non-hydrogen) atoms. The van der Waals surface area contributed by atoms with E-state index in [1.54, 1.807) is 31.5 Å². The summed E-state index contributed by atoms with van der Waals surface area (Å²) in [6, 6.07) is 9.94. The van der Waals surface area contributed by atoms with Crippen molar-refractivity contribution >= 4 is 28.9 Å². The number of rotatable bonds is 12. The number of aromatic amines is 1. The van der Waals surface area contributed by atoms with Gasteiger partial charge in [0.15, 0.2) is 12.4 Å². The quantitative estimate of drug-likeness (QED) is 0.0389. The van der Waals surface area contributed by atoms with Crippen molar-refractivity contribution in [3.05, 3.63) is 73.5 Å². The van der Waals surface area contributed by atoms with E-state index in [0.717, 1.165) is 23.6 Å². The van der Waals surface area contributed by atoms with Crippen LogP contribution < -0.4 is 89.7 Å². The van der Waals surface area contributed by atoms with Crippen LogP contribution >= 0.6 is 0 Å². The van der Waals surface area contributed by atoms with E-state index in [1.807, 2.05) is 24.3 Å². The second-order valence-corrected chi connectivity index (χ2v) is 7.41. The maximum absolute atomic E-state index is 12.5. The summed E-state index contributed by atoms with van der Waals surface area (Å²) in [5.74, 6) is -0.921. The third-order valence-corrected chi connectivity index (χ3v) is 5.01. The summed E-state index contributed by atoms with van der Waals surface area (Å²) in [7, 11) is 1.00. The van der Waals surface area contributed by atoms with Gasteiger partial charge in [0.05, 0.1) is 6.61 Å². The molecule has 1 aromatic carbocycles. The van der Waals surface area contributed by atoms with Crippen LogP contribution in [0.1, 0.15) is 22.8 Å². The second kappa shape index (κ2) is 20.9. The van der Waals surface area contributed by atoms with Crippen LogP contribution in [0.4, 0.5) is 4.79 Å². The minimum absolute atomic E-state index is 0. The Bertz CT molecular complexity index is 1160. The summed E-state index contributed by atoms with van der Waals surface area (Å²) in [6.07, 6.45) is 4.35. The van der Waals surface area contributed by atoms with Gasteiger partial charge in [0, 0.05) is 43.2 Å². The number of aliphatic hydroxyl groups is 1. The molecule has 2 heterocycles. The minimum atomic E-state index is -0.942. The van der Waals surface area contributed by atoms with Crippen molar-refractivity contribution in [2.75, 3.05) is 26.9 Å². The number of aromatic nitrogens is 2. The Hall–Kier alpha value is -1.99. The maximum atomic E-state index is 12.5. The van der Waals surface area contributed by atoms with Gasteiger partial charge < -0.3 is 37.6 Å². The standard InChI is InChI=1S/C23H27N5O7.CH4O.CH3.Cs/c1-2-33-22(30)20(12-17-13-25-19-8-4-3-7-18(17)19)26-23(31)34-15-28-10-5-6-16(14-28)21(29)24-9-11-35-27-32;1-2;;/h3-8,10,13-14,20,25,32H,2,9,11-12,15,27H2,1H3;2H,1H3;1H3;/q;;-1;+1/p+2. The molecule has 0 aliphatic heterocycles. The number of H-pyrrole nitrogens is 1. The van der Waals surface area contributed by atoms with Crippen LogP contribution in [0.15, 0.2) is 55.0 Å². The molecule has 0 bridgehead atoms. The van der Waals surface area contributed by atoms with Crippen LogP contribution in [-0.4, -0.2) is 66.2 Å². The van der Waals surface area contributed by atoms with Gasteiger partial charge in [-0.05, 0) is 24.6 Å². The number of esters is 1. The molecule has 0 spiro atoms. The first-order valence-corrected chi connectivity index (χ1v) is 11.5. The predicted molar refractivity (Wildman–Crippen MR) is 135 cm³/mol. The molecule has 3 aromatic rings. The number of benzene rings is 1. The summed E-state index contributed by atoms with van der Waals surface area (Å²) in [4.78, 5) is 44.9. The molecule has 2 amide bonds. The number of pyridine rings is 1. The van der Waals surface area contributed by atoms with E-state index >= 15 is 0 Å². The van der Waals surface area contributed by atoms with Crippen LogP contribution in [0, 0.1) is 7.43 Å². The molecular weight excluding hydrogens is 631 g/mol. The van der Waals surface area contributed by atoms with E-state index in [0.29, 0.717) is 11.2 Å². The van der Waals surface area contributed by atoms with Crippen molar-refractivity contribution in [2.45, 2.75) is 26.1 Å². The summed E-state index contributed by atoms with van der Waals surface area (Å²) in [5.41, 5.74) is 2.67. The second-order valence-electron chi connectivity index (χ2n) is 7.41. The van der Waals surface area contributed by atoms with Gasteiger partial charge in [-0.25, -0.2) is 9.59 Å². The third kappa shape index (κ3) is 12.4. The van der Waals surface area contributed by atoms with E-state index in [4.69, 9.17) is 19.8 Å². The van der Waals surface area contributed by atoms with Gasteiger partial charge in [-0.1, -0.05) is 23.8 Å². The number of para-hydroxylation sites is 1. The number of nitrogens with two attached hydrogens (primary N) is 1. The van der Waals surface area contributed by atoms with Gasteiger partial charge in [-0.3, -0.25) is 4.79 Å². The van der Waals surface area contributed by atoms with Gasteiger partial charge >= 0.3 is 81.0 Å². The number of nitrogens with zero attached hydrogens (tertiary/aromatic N) is 1. The fourth-order valence-electron chi connectivity index (χ4n) is 3.39. The first-order chi connectivity index (χ1) is 18.0. The molecule has 0 aliphatic rings. The van der Waals surface area contributed by atoms with E-state index in [-0.39, 0.29) is 115 Å². The molecule has 0 radical (unpaired) electrons. The fraction of sp³-hybridized carbons (Fsp3) is 0.320. The van der Waals surface area contributed by atoms with Crippen LogP contribution in [0.25, 0.3) is 10.9 Å². The summed E-state index contributed by atoms with van der Waals surface area (Å²) in [5, 5.41) is 21.6. The Morgan fingerprint density at radius 1 is 1.13 bits per heavy atom. The number of fused-ring (bicyclic) bond motifs is 1. The Morgan fingerprint density at radius 3 is 2.59 bits per heavy atom. The van der Waals surface area contributed by atoms with E-state index in [1.165, 1.54) is 10.8 Å². The minimum Gasteiger partial charge on any atom is -0.464 e. The molecule has 0 saturated heterocycles. The zero-order valence-corrected chi connectivity index (χ0v) is 29.0. The summed E-state index contributed by atoms with van der Waals surface area (Å²) < 4.78 is 11.9. The van der Waals surface area contributed by atoms with Crippen molar-refractivity contribution in [1.29, 1.82) is 0 Å². The number of alkyl carbamates (subject to hydrolysis) is 1. The van der Waals surface area contributed by atoms with E-state index in [2.05, 4.69) is 20.5 Å². The Balaban J connectivity index is 0.00000353. The van der Waals surface area contributed by atoms with Gasteiger partial charge in [-0.15, -0.1) is 0 Å². The van der Waals surface area contributed by atoms with Gasteiger partial charge in [-0.2, -0.15) is 14.6 Å². The largest absolute Gasteiger partial charge is 1.00 e. The molecule has 208 valence electrons. The van der Waals surface area contributed by atoms with Crippen molar-refractivity contribution < 1.29 is 118 Å². The fourth-order valence-corrected chi connectivity index (χ4v) is 3.39. The Kier molecular flexibility index (Phi) is 19.8. The van der Waals surface area contributed by atoms with E-state index < -0.39 is 18.1 Å². The summed E-state index contributed by atoms with van der Waals surface area (Å²) in [6.45, 7) is 2.01. The average Bonchev–Trinajstić information content (AvgIpc) is 3.33. The number of quaternary nitrogens is 1. The SMILES string of the molecule is CCOC(=O)C(Cc1c[nH]c2ccccc12)NC(=O)OC[n+]1cccc(C(=O)NCCO[NH2+]O)c1.CO.[CH3-].[Cs+]. The molecule has 2 aromatic heterocycles. The topological polar surface area (TPSA) is 180 Å². The van der Waals surface area contributed by atoms with E-state index in [9.17, 15) is 14.4 Å². The smallest absolute Gasteiger partial charge is 0.464 e. The number of amides is 2. The molecule has 0 aliphatic carbocycles. The number of hydrogen-bond acceptors (Lipinski definition) is 8. The number of nitrogens with one attached hydrogen (secondary N) is 3. The molecule has 0 saturated carbocycles. The molecule has 3 rings (SSSR count). The van der Waals surface area contributed by atoms with Crippen LogP contribution in [-0.2, 0) is 32.3 Å². The number of carbonyl (C=O) groups excluding carboxylic acids is 3. The third-order valence-electron chi connectivity index (χ3n) is 5.01. The van der Waals surface area contributed by atoms with Crippen molar-refractivity contribution in [3.8, 4) is 0 Å². The molecule has 14 heteroatoms. The number of ether oxygens (including phenoxy) is 2. The molecule has 1 unspecified atom stereocenters. The van der Waals surface area contributed by atoms with Crippen molar-refractivity contribution in [2.24, 2.45) is 0 Å². The number of carbonyl (C=O) groups is 3. The van der Waals surface area contributed by atoms with Crippen molar-refractivity contribution in [3.63, 3.8) is 0 Å². The monoisotopic (exact) mass is 667 g/mol. The Morgan fingerprint density at radius 2 is 1.87 bits per heavy atom. The van der Waals surface area contributed by atoms with Crippen LogP contribution in [0.2, 0.25) is 0 Å². The van der Waals surface area contributed by atoms with Gasteiger partial charge in [0.25, 0.3) is 12.6 Å². The zero-order chi connectivity index (χ0) is 27.0. The predicted octanol–water partition coefficient (Wildman–Crippen LogP) is -3.01. The zero-order valence-electron chi connectivity index (χ0n) is 22.7. The molecular formula is C25H36CsN5O8+2. The first-order valence-electron chi connectivity index (χ1n) is 11.5. The normalized spacial score (nSPS) is 10.6. The van der Waals surface area contributed by atoms with Crippen LogP contribution in [0.5, 0.6) is 0 Å².